The highest BCUT2D eigenvalue weighted by molar-refractivity contribution is 7.18. The van der Waals surface area contributed by atoms with E-state index in [2.05, 4.69) is 5.32 Å². The maximum Gasteiger partial charge on any atom is 0.346 e. The van der Waals surface area contributed by atoms with E-state index in [9.17, 15) is 14.4 Å². The number of nitrogens with zero attached hydrogens (tertiary/aromatic N) is 1. The van der Waals surface area contributed by atoms with Crippen LogP contribution in [-0.2, 0) is 9.59 Å². The topological polar surface area (TPSA) is 86.7 Å². The van der Waals surface area contributed by atoms with E-state index in [0.29, 0.717) is 36.5 Å². The second-order valence-corrected chi connectivity index (χ2v) is 6.25. The molecule has 0 bridgehead atoms. The van der Waals surface area contributed by atoms with Crippen molar-refractivity contribution in [1.29, 1.82) is 0 Å². The summed E-state index contributed by atoms with van der Waals surface area (Å²) < 4.78 is 0. The van der Waals surface area contributed by atoms with Gasteiger partial charge in [0.15, 0.2) is 0 Å². The number of aryl methyl sites for hydroxylation is 1. The lowest BCUT2D eigenvalue weighted by Crippen LogP contribution is -2.40. The normalized spacial score (nSPS) is 15.8. The Hall–Kier alpha value is -1.89. The molecule has 0 spiro atoms. The van der Waals surface area contributed by atoms with Crippen LogP contribution in [0.25, 0.3) is 0 Å². The van der Waals surface area contributed by atoms with Gasteiger partial charge in [-0.1, -0.05) is 0 Å². The van der Waals surface area contributed by atoms with Gasteiger partial charge in [0.25, 0.3) is 0 Å². The summed E-state index contributed by atoms with van der Waals surface area (Å²) in [5, 5.41) is 12.3. The van der Waals surface area contributed by atoms with Crippen LogP contribution < -0.4 is 5.32 Å². The first kappa shape index (κ1) is 15.5. The van der Waals surface area contributed by atoms with Gasteiger partial charge in [0.2, 0.25) is 11.8 Å². The molecule has 114 valence electrons. The summed E-state index contributed by atoms with van der Waals surface area (Å²) in [6.45, 7) is 4.43. The van der Waals surface area contributed by atoms with Gasteiger partial charge in [-0.2, -0.15) is 0 Å². The summed E-state index contributed by atoms with van der Waals surface area (Å²) in [6, 6.07) is 1.68. The second kappa shape index (κ2) is 6.26. The van der Waals surface area contributed by atoms with Gasteiger partial charge in [0.1, 0.15) is 4.88 Å². The first-order chi connectivity index (χ1) is 9.88. The maximum atomic E-state index is 12.2. The molecule has 2 N–H and O–H groups in total. The molecule has 1 aromatic rings. The molecular weight excluding hydrogens is 292 g/mol. The highest BCUT2D eigenvalue weighted by atomic mass is 32.1. The number of rotatable bonds is 3. The number of thiophene rings is 1. The van der Waals surface area contributed by atoms with E-state index in [1.807, 2.05) is 0 Å². The van der Waals surface area contributed by atoms with Crippen molar-refractivity contribution in [3.8, 4) is 0 Å². The van der Waals surface area contributed by atoms with Crippen molar-refractivity contribution in [1.82, 2.24) is 4.90 Å². The van der Waals surface area contributed by atoms with Gasteiger partial charge in [-0.05, 0) is 31.4 Å². The summed E-state index contributed by atoms with van der Waals surface area (Å²) in [5.41, 5.74) is 0.647. The van der Waals surface area contributed by atoms with E-state index in [0.717, 1.165) is 11.3 Å². The largest absolute Gasteiger partial charge is 0.477 e. The van der Waals surface area contributed by atoms with Crippen molar-refractivity contribution in [3.05, 3.63) is 16.5 Å². The van der Waals surface area contributed by atoms with Crippen LogP contribution in [-0.4, -0.2) is 40.9 Å². The van der Waals surface area contributed by atoms with Crippen molar-refractivity contribution >= 4 is 34.1 Å². The summed E-state index contributed by atoms with van der Waals surface area (Å²) >= 11 is 1.07. The molecule has 1 aromatic heterocycles. The van der Waals surface area contributed by atoms with E-state index in [1.54, 1.807) is 17.9 Å². The SMILES string of the molecule is CC(=O)N1CCC(C(=O)Nc2cc(C)c(C(=O)O)s2)CC1. The van der Waals surface area contributed by atoms with E-state index >= 15 is 0 Å². The van der Waals surface area contributed by atoms with Crippen LogP contribution in [0.3, 0.4) is 0 Å². The Morgan fingerprint density at radius 3 is 2.43 bits per heavy atom. The molecule has 0 radical (unpaired) electrons. The molecule has 2 amide bonds. The lowest BCUT2D eigenvalue weighted by Gasteiger charge is -2.30. The van der Waals surface area contributed by atoms with Crippen molar-refractivity contribution < 1.29 is 19.5 Å². The molecule has 6 nitrogen and oxygen atoms in total. The van der Waals surface area contributed by atoms with E-state index in [4.69, 9.17) is 5.11 Å². The minimum absolute atomic E-state index is 0.0360. The van der Waals surface area contributed by atoms with Crippen LogP contribution in [0.5, 0.6) is 0 Å². The standard InChI is InChI=1S/C14H18N2O4S/c1-8-7-11(21-12(8)14(19)20)15-13(18)10-3-5-16(6-4-10)9(2)17/h7,10H,3-6H2,1-2H3,(H,15,18)(H,19,20). The van der Waals surface area contributed by atoms with Crippen LogP contribution in [0.4, 0.5) is 5.00 Å². The van der Waals surface area contributed by atoms with Crippen LogP contribution in [0, 0.1) is 12.8 Å². The Balaban J connectivity index is 1.95. The molecule has 1 saturated heterocycles. The van der Waals surface area contributed by atoms with Crippen molar-refractivity contribution in [2.45, 2.75) is 26.7 Å². The number of hydrogen-bond acceptors (Lipinski definition) is 4. The molecule has 1 fully saturated rings. The Morgan fingerprint density at radius 2 is 1.95 bits per heavy atom. The number of aromatic carboxylic acids is 1. The van der Waals surface area contributed by atoms with Gasteiger partial charge in [0.05, 0.1) is 5.00 Å². The number of nitrogens with one attached hydrogen (secondary N) is 1. The summed E-state index contributed by atoms with van der Waals surface area (Å²) in [7, 11) is 0. The number of anilines is 1. The van der Waals surface area contributed by atoms with E-state index in [-0.39, 0.29) is 22.6 Å². The monoisotopic (exact) mass is 310 g/mol. The number of carbonyl (C=O) groups excluding carboxylic acids is 2. The Morgan fingerprint density at radius 1 is 1.33 bits per heavy atom. The Labute approximate surface area is 126 Å². The number of likely N-dealkylation sites (tertiary alicyclic amines) is 1. The fourth-order valence-electron chi connectivity index (χ4n) is 2.44. The van der Waals surface area contributed by atoms with Gasteiger partial charge in [-0.3, -0.25) is 9.59 Å². The van der Waals surface area contributed by atoms with Crippen molar-refractivity contribution in [3.63, 3.8) is 0 Å². The summed E-state index contributed by atoms with van der Waals surface area (Å²) in [6.07, 6.45) is 1.28. The molecule has 2 heterocycles. The third-order valence-corrected chi connectivity index (χ3v) is 4.81. The summed E-state index contributed by atoms with van der Waals surface area (Å²) in [4.78, 5) is 36.4. The lowest BCUT2D eigenvalue weighted by molar-refractivity contribution is -0.132. The van der Waals surface area contributed by atoms with Crippen molar-refractivity contribution in [2.75, 3.05) is 18.4 Å². The minimum atomic E-state index is -0.979. The molecule has 7 heteroatoms. The smallest absolute Gasteiger partial charge is 0.346 e. The quantitative estimate of drug-likeness (QED) is 0.893. The molecule has 2 rings (SSSR count). The zero-order valence-corrected chi connectivity index (χ0v) is 12.8. The highest BCUT2D eigenvalue weighted by Gasteiger charge is 2.26. The van der Waals surface area contributed by atoms with Crippen LogP contribution in [0.15, 0.2) is 6.07 Å². The number of hydrogen-bond donors (Lipinski definition) is 2. The van der Waals surface area contributed by atoms with E-state index in [1.165, 1.54) is 6.92 Å². The number of piperidine rings is 1. The van der Waals surface area contributed by atoms with Crippen molar-refractivity contribution in [2.24, 2.45) is 5.92 Å². The van der Waals surface area contributed by atoms with Gasteiger partial charge < -0.3 is 15.3 Å². The molecule has 1 aliphatic heterocycles. The molecule has 0 saturated carbocycles. The fourth-order valence-corrected chi connectivity index (χ4v) is 3.35. The van der Waals surface area contributed by atoms with Crippen LogP contribution in [0.2, 0.25) is 0 Å². The van der Waals surface area contributed by atoms with Gasteiger partial charge in [0, 0.05) is 25.9 Å². The number of carboxylic acid groups (broad SMARTS) is 1. The van der Waals surface area contributed by atoms with E-state index < -0.39 is 5.97 Å². The average molecular weight is 310 g/mol. The maximum absolute atomic E-state index is 12.2. The average Bonchev–Trinajstić information content (AvgIpc) is 2.79. The Kier molecular flexibility index (Phi) is 4.62. The third-order valence-electron chi connectivity index (χ3n) is 3.67. The van der Waals surface area contributed by atoms with Crippen LogP contribution >= 0.6 is 11.3 Å². The second-order valence-electron chi connectivity index (χ2n) is 5.20. The zero-order valence-electron chi connectivity index (χ0n) is 12.0. The van der Waals surface area contributed by atoms with Gasteiger partial charge in [-0.15, -0.1) is 11.3 Å². The first-order valence-corrected chi connectivity index (χ1v) is 7.60. The fraction of sp³-hybridized carbons (Fsp3) is 0.500. The molecule has 0 atom stereocenters. The van der Waals surface area contributed by atoms with Gasteiger partial charge in [-0.25, -0.2) is 4.79 Å². The zero-order chi connectivity index (χ0) is 15.6. The Bertz CT molecular complexity index is 574. The minimum Gasteiger partial charge on any atom is -0.477 e. The highest BCUT2D eigenvalue weighted by Crippen LogP contribution is 2.28. The molecule has 0 aromatic carbocycles. The van der Waals surface area contributed by atoms with Crippen LogP contribution in [0.1, 0.15) is 35.0 Å². The third kappa shape index (κ3) is 3.60. The molecular formula is C14H18N2O4S. The number of carbonyl (C=O) groups is 3. The first-order valence-electron chi connectivity index (χ1n) is 6.78. The molecule has 0 aliphatic carbocycles. The predicted molar refractivity (Wildman–Crippen MR) is 79.6 cm³/mol. The number of carboxylic acids is 1. The number of amides is 2. The molecule has 21 heavy (non-hydrogen) atoms. The van der Waals surface area contributed by atoms with Gasteiger partial charge >= 0.3 is 5.97 Å². The molecule has 0 unspecified atom stereocenters. The molecule has 1 aliphatic rings. The summed E-state index contributed by atoms with van der Waals surface area (Å²) in [5.74, 6) is -1.17. The lowest BCUT2D eigenvalue weighted by atomic mass is 9.96. The predicted octanol–water partition coefficient (Wildman–Crippen LogP) is 1.95.